The number of carbonyl (C=O) groups is 1. The van der Waals surface area contributed by atoms with E-state index in [1.54, 1.807) is 32.7 Å². The molecule has 0 saturated carbocycles. The molecule has 0 unspecified atom stereocenters. The lowest BCUT2D eigenvalue weighted by atomic mass is 10.1. The lowest BCUT2D eigenvalue weighted by molar-refractivity contribution is -0.134. The SMILES string of the molecule is COc1ccc(Oc2c(Cc3ccccc3NCC(=O)O)sc3cc(OC)c(OC)cc23)cc1. The van der Waals surface area contributed by atoms with Crippen LogP contribution in [-0.4, -0.2) is 38.9 Å². The lowest BCUT2D eigenvalue weighted by Gasteiger charge is -2.12. The van der Waals surface area contributed by atoms with Gasteiger partial charge < -0.3 is 29.4 Å². The number of para-hydroxylation sites is 1. The summed E-state index contributed by atoms with van der Waals surface area (Å²) < 4.78 is 23.6. The van der Waals surface area contributed by atoms with Crippen LogP contribution in [0.3, 0.4) is 0 Å². The standard InChI is InChI=1S/C26H25NO6S/c1-30-17-8-10-18(11-9-17)33-26-19-13-21(31-2)22(32-3)14-23(19)34-24(26)12-16-6-4-5-7-20(16)27-15-25(28)29/h4-11,13-14,27H,12,15H2,1-3H3,(H,28,29). The number of fused-ring (bicyclic) bond motifs is 1. The van der Waals surface area contributed by atoms with Crippen LogP contribution in [-0.2, 0) is 11.2 Å². The average molecular weight is 480 g/mol. The smallest absolute Gasteiger partial charge is 0.322 e. The highest BCUT2D eigenvalue weighted by Crippen LogP contribution is 2.46. The van der Waals surface area contributed by atoms with E-state index in [4.69, 9.17) is 24.1 Å². The van der Waals surface area contributed by atoms with Crippen LogP contribution < -0.4 is 24.3 Å². The van der Waals surface area contributed by atoms with Crippen molar-refractivity contribution in [2.24, 2.45) is 0 Å². The number of ether oxygens (including phenoxy) is 4. The van der Waals surface area contributed by atoms with Crippen LogP contribution in [0.1, 0.15) is 10.4 Å². The van der Waals surface area contributed by atoms with Crippen LogP contribution in [0.15, 0.2) is 60.7 Å². The Kier molecular flexibility index (Phi) is 7.08. The molecule has 0 atom stereocenters. The first-order chi connectivity index (χ1) is 16.5. The number of benzene rings is 3. The van der Waals surface area contributed by atoms with Gasteiger partial charge in [0.1, 0.15) is 23.8 Å². The maximum atomic E-state index is 11.1. The zero-order valence-corrected chi connectivity index (χ0v) is 19.9. The van der Waals surface area contributed by atoms with Gasteiger partial charge >= 0.3 is 5.97 Å². The van der Waals surface area contributed by atoms with Gasteiger partial charge in [-0.05, 0) is 42.0 Å². The number of thiophene rings is 1. The summed E-state index contributed by atoms with van der Waals surface area (Å²) in [6, 6.07) is 18.9. The number of carboxylic acids is 1. The number of nitrogens with one attached hydrogen (secondary N) is 1. The Labute approximate surface area is 201 Å². The Morgan fingerprint density at radius 3 is 2.26 bits per heavy atom. The fourth-order valence-corrected chi connectivity index (χ4v) is 4.80. The van der Waals surface area contributed by atoms with Gasteiger partial charge in [-0.15, -0.1) is 11.3 Å². The number of anilines is 1. The second-order valence-corrected chi connectivity index (χ2v) is 8.55. The van der Waals surface area contributed by atoms with Gasteiger partial charge in [0.05, 0.1) is 26.2 Å². The van der Waals surface area contributed by atoms with Crippen molar-refractivity contribution in [2.75, 3.05) is 33.2 Å². The quantitative estimate of drug-likeness (QED) is 0.297. The van der Waals surface area contributed by atoms with E-state index in [1.165, 1.54) is 0 Å². The van der Waals surface area contributed by atoms with E-state index in [-0.39, 0.29) is 6.54 Å². The monoisotopic (exact) mass is 479 g/mol. The van der Waals surface area contributed by atoms with Crippen molar-refractivity contribution in [1.82, 2.24) is 0 Å². The van der Waals surface area contributed by atoms with Crippen molar-refractivity contribution < 1.29 is 28.8 Å². The van der Waals surface area contributed by atoms with Crippen LogP contribution in [0.5, 0.6) is 28.7 Å². The van der Waals surface area contributed by atoms with Crippen molar-refractivity contribution >= 4 is 33.1 Å². The number of hydrogen-bond acceptors (Lipinski definition) is 7. The van der Waals surface area contributed by atoms with Gasteiger partial charge in [0.2, 0.25) is 0 Å². The van der Waals surface area contributed by atoms with E-state index in [9.17, 15) is 4.79 Å². The minimum absolute atomic E-state index is 0.160. The number of hydrogen-bond donors (Lipinski definition) is 2. The van der Waals surface area contributed by atoms with Crippen LogP contribution in [0, 0.1) is 0 Å². The van der Waals surface area contributed by atoms with Gasteiger partial charge in [-0.1, -0.05) is 18.2 Å². The zero-order valence-electron chi connectivity index (χ0n) is 19.1. The molecule has 34 heavy (non-hydrogen) atoms. The number of rotatable bonds is 10. The number of carboxylic acid groups (broad SMARTS) is 1. The second kappa shape index (κ2) is 10.4. The molecule has 176 valence electrons. The number of aliphatic carboxylic acids is 1. The highest BCUT2D eigenvalue weighted by molar-refractivity contribution is 7.19. The molecule has 0 amide bonds. The Bertz CT molecular complexity index is 1300. The number of methoxy groups -OCH3 is 3. The summed E-state index contributed by atoms with van der Waals surface area (Å²) in [6.07, 6.45) is 0.554. The first-order valence-electron chi connectivity index (χ1n) is 10.5. The molecular weight excluding hydrogens is 454 g/mol. The fourth-order valence-electron chi connectivity index (χ4n) is 3.63. The lowest BCUT2D eigenvalue weighted by Crippen LogP contribution is -2.13. The van der Waals surface area contributed by atoms with E-state index in [2.05, 4.69) is 5.32 Å². The van der Waals surface area contributed by atoms with Crippen molar-refractivity contribution in [1.29, 1.82) is 0 Å². The van der Waals surface area contributed by atoms with Crippen LogP contribution in [0.2, 0.25) is 0 Å². The second-order valence-electron chi connectivity index (χ2n) is 7.42. The maximum Gasteiger partial charge on any atom is 0.322 e. The van der Waals surface area contributed by atoms with Gasteiger partial charge in [-0.2, -0.15) is 0 Å². The zero-order chi connectivity index (χ0) is 24.1. The summed E-state index contributed by atoms with van der Waals surface area (Å²) >= 11 is 1.60. The van der Waals surface area contributed by atoms with E-state index in [1.807, 2.05) is 60.7 Å². The third-order valence-corrected chi connectivity index (χ3v) is 6.43. The molecule has 0 aliphatic heterocycles. The Morgan fingerprint density at radius 1 is 0.912 bits per heavy atom. The molecule has 0 aliphatic carbocycles. The van der Waals surface area contributed by atoms with Gasteiger partial charge in [0.25, 0.3) is 0 Å². The highest BCUT2D eigenvalue weighted by Gasteiger charge is 2.19. The maximum absolute atomic E-state index is 11.1. The first kappa shape index (κ1) is 23.3. The summed E-state index contributed by atoms with van der Waals surface area (Å²) in [5.41, 5.74) is 1.74. The minimum atomic E-state index is -0.917. The summed E-state index contributed by atoms with van der Waals surface area (Å²) in [5.74, 6) is 2.48. The summed E-state index contributed by atoms with van der Waals surface area (Å²) in [7, 11) is 4.83. The molecule has 4 rings (SSSR count). The Hall–Kier alpha value is -3.91. The first-order valence-corrected chi connectivity index (χ1v) is 11.4. The predicted octanol–water partition coefficient (Wildman–Crippen LogP) is 5.81. The molecular formula is C26H25NO6S. The molecule has 0 fully saturated rings. The van der Waals surface area contributed by atoms with Gasteiger partial charge in [-0.25, -0.2) is 0 Å². The van der Waals surface area contributed by atoms with Crippen molar-refractivity contribution in [3.05, 3.63) is 71.1 Å². The van der Waals surface area contributed by atoms with E-state index in [0.29, 0.717) is 23.7 Å². The fraction of sp³-hybridized carbons (Fsp3) is 0.192. The molecule has 0 saturated heterocycles. The van der Waals surface area contributed by atoms with Crippen molar-refractivity contribution in [2.45, 2.75) is 6.42 Å². The van der Waals surface area contributed by atoms with Crippen LogP contribution >= 0.6 is 11.3 Å². The van der Waals surface area contributed by atoms with Gasteiger partial charge in [-0.3, -0.25) is 4.79 Å². The summed E-state index contributed by atoms with van der Waals surface area (Å²) in [4.78, 5) is 12.1. The molecule has 0 aliphatic rings. The molecule has 1 aromatic heterocycles. The van der Waals surface area contributed by atoms with Crippen LogP contribution in [0.25, 0.3) is 10.1 Å². The molecule has 4 aromatic rings. The topological polar surface area (TPSA) is 86.3 Å². The molecule has 0 radical (unpaired) electrons. The Morgan fingerprint density at radius 2 is 1.59 bits per heavy atom. The molecule has 1 heterocycles. The average Bonchev–Trinajstić information content (AvgIpc) is 3.18. The molecule has 0 bridgehead atoms. The van der Waals surface area contributed by atoms with Gasteiger partial charge in [0.15, 0.2) is 11.5 Å². The third-order valence-electron chi connectivity index (χ3n) is 5.29. The molecule has 3 aromatic carbocycles. The molecule has 8 heteroatoms. The molecule has 7 nitrogen and oxygen atoms in total. The van der Waals surface area contributed by atoms with Crippen molar-refractivity contribution in [3.63, 3.8) is 0 Å². The summed E-state index contributed by atoms with van der Waals surface area (Å²) in [6.45, 7) is -0.160. The van der Waals surface area contributed by atoms with E-state index < -0.39 is 5.97 Å². The Balaban J connectivity index is 1.78. The minimum Gasteiger partial charge on any atom is -0.497 e. The van der Waals surface area contributed by atoms with Gasteiger partial charge in [0, 0.05) is 28.3 Å². The van der Waals surface area contributed by atoms with E-state index in [0.717, 1.165) is 37.7 Å². The summed E-state index contributed by atoms with van der Waals surface area (Å²) in [5, 5.41) is 13.0. The van der Waals surface area contributed by atoms with E-state index >= 15 is 0 Å². The van der Waals surface area contributed by atoms with Crippen molar-refractivity contribution in [3.8, 4) is 28.7 Å². The third kappa shape index (κ3) is 5.02. The predicted molar refractivity (Wildman–Crippen MR) is 133 cm³/mol. The highest BCUT2D eigenvalue weighted by atomic mass is 32.1. The van der Waals surface area contributed by atoms with Crippen LogP contribution in [0.4, 0.5) is 5.69 Å². The largest absolute Gasteiger partial charge is 0.497 e. The normalized spacial score (nSPS) is 10.7. The molecule has 2 N–H and O–H groups in total. The molecule has 0 spiro atoms.